The number of carbonyl (C=O) groups is 1. The molecule has 2 fully saturated rings. The molecule has 2 N–H and O–H groups in total. The number of aromatic nitrogens is 6. The summed E-state index contributed by atoms with van der Waals surface area (Å²) in [7, 11) is 0. The Kier molecular flexibility index (Phi) is 5.99. The lowest BCUT2D eigenvalue weighted by Crippen LogP contribution is -2.30. The van der Waals surface area contributed by atoms with Gasteiger partial charge < -0.3 is 10.6 Å². The van der Waals surface area contributed by atoms with Gasteiger partial charge in [0.1, 0.15) is 14.6 Å². The number of carbonyl (C=O) groups excluding carboxylic acids is 1. The second-order valence-corrected chi connectivity index (χ2v) is 11.7. The normalized spacial score (nSPS) is 21.5. The molecule has 2 aliphatic rings. The van der Waals surface area contributed by atoms with Crippen molar-refractivity contribution in [1.29, 1.82) is 0 Å². The fourth-order valence-electron chi connectivity index (χ4n) is 5.50. The van der Waals surface area contributed by atoms with Gasteiger partial charge in [0.25, 0.3) is 0 Å². The molecule has 1 aliphatic heterocycles. The van der Waals surface area contributed by atoms with Crippen molar-refractivity contribution in [1.82, 2.24) is 35.3 Å². The van der Waals surface area contributed by atoms with E-state index in [0.717, 1.165) is 77.4 Å². The van der Waals surface area contributed by atoms with Gasteiger partial charge in [-0.15, -0.1) is 10.2 Å². The van der Waals surface area contributed by atoms with Crippen LogP contribution in [0.5, 0.6) is 0 Å². The summed E-state index contributed by atoms with van der Waals surface area (Å²) in [6.07, 6.45) is 7.33. The Bertz CT molecular complexity index is 1470. The van der Waals surface area contributed by atoms with E-state index in [-0.39, 0.29) is 17.4 Å². The maximum atomic E-state index is 12.4. The fraction of sp³-hybridized carbons (Fsp3) is 0.440. The molecule has 1 aliphatic carbocycles. The van der Waals surface area contributed by atoms with Gasteiger partial charge in [-0.2, -0.15) is 10.1 Å². The topological polar surface area (TPSA) is 111 Å². The molecule has 9 nitrogen and oxygen atoms in total. The van der Waals surface area contributed by atoms with Crippen LogP contribution in [-0.2, 0) is 11.2 Å². The minimum atomic E-state index is -0.227. The molecule has 4 aromatic rings. The molecule has 0 radical (unpaired) electrons. The molecule has 0 unspecified atom stereocenters. The third-order valence-corrected chi connectivity index (χ3v) is 8.76. The number of hydrogen-bond acceptors (Lipinski definition) is 8. The molecular weight excluding hydrogens is 540 g/mol. The summed E-state index contributed by atoms with van der Waals surface area (Å²) in [6.45, 7) is 4.93. The van der Waals surface area contributed by atoms with Crippen molar-refractivity contribution in [3.8, 4) is 16.3 Å². The summed E-state index contributed by atoms with van der Waals surface area (Å²) < 4.78 is 2.56. The Labute approximate surface area is 221 Å². The second kappa shape index (κ2) is 9.19. The SMILES string of the molecule is CCCc1cc(-n2nc(Br)c3cnc(N[C@@H]4CC[C@]5(CCNC5=O)C4)nc32)ccc1-c1nnc(C)s1. The largest absolute Gasteiger partial charge is 0.356 e. The average molecular weight is 568 g/mol. The van der Waals surface area contributed by atoms with Crippen LogP contribution in [0, 0.1) is 12.3 Å². The lowest BCUT2D eigenvalue weighted by Gasteiger charge is -2.19. The summed E-state index contributed by atoms with van der Waals surface area (Å²) in [6, 6.07) is 6.51. The molecule has 3 aromatic heterocycles. The molecule has 4 heterocycles. The lowest BCUT2D eigenvalue weighted by molar-refractivity contribution is -0.127. The van der Waals surface area contributed by atoms with E-state index in [1.54, 1.807) is 17.5 Å². The number of benzene rings is 1. The molecule has 11 heteroatoms. The molecule has 0 bridgehead atoms. The minimum absolute atomic E-state index is 0.178. The van der Waals surface area contributed by atoms with Crippen LogP contribution in [-0.4, -0.2) is 48.4 Å². The number of rotatable bonds is 6. The van der Waals surface area contributed by atoms with Gasteiger partial charge in [0, 0.05) is 24.3 Å². The fourth-order valence-corrected chi connectivity index (χ4v) is 6.69. The van der Waals surface area contributed by atoms with Crippen LogP contribution in [0.1, 0.15) is 49.6 Å². The highest BCUT2D eigenvalue weighted by atomic mass is 79.9. The standard InChI is InChI=1S/C25H27BrN8OS/c1-3-4-15-11-17(5-6-18(15)22-32-31-14(2)36-22)34-21-19(20(26)33-34)13-28-24(30-21)29-16-7-8-25(12-16)9-10-27-23(25)35/h5-6,11,13,16H,3-4,7-10,12H2,1-2H3,(H,27,35)(H,28,29,30)/t16-,25+/m1/s1. The van der Waals surface area contributed by atoms with Gasteiger partial charge in [0.15, 0.2) is 5.65 Å². The lowest BCUT2D eigenvalue weighted by atomic mass is 9.84. The van der Waals surface area contributed by atoms with E-state index < -0.39 is 0 Å². The van der Waals surface area contributed by atoms with Crippen LogP contribution in [0.15, 0.2) is 29.0 Å². The molecule has 1 saturated carbocycles. The number of anilines is 1. The molecule has 6 rings (SSSR count). The Balaban J connectivity index is 1.33. The van der Waals surface area contributed by atoms with Crippen LogP contribution >= 0.6 is 27.3 Å². The number of halogens is 1. The number of nitrogens with zero attached hydrogens (tertiary/aromatic N) is 6. The predicted molar refractivity (Wildman–Crippen MR) is 143 cm³/mol. The second-order valence-electron chi connectivity index (χ2n) is 9.72. The molecule has 186 valence electrons. The van der Waals surface area contributed by atoms with Gasteiger partial charge >= 0.3 is 0 Å². The highest BCUT2D eigenvalue weighted by Gasteiger charge is 2.47. The zero-order valence-electron chi connectivity index (χ0n) is 20.2. The van der Waals surface area contributed by atoms with Crippen LogP contribution < -0.4 is 10.6 Å². The summed E-state index contributed by atoms with van der Waals surface area (Å²) in [5.41, 5.74) is 3.77. The van der Waals surface area contributed by atoms with Crippen molar-refractivity contribution < 1.29 is 4.79 Å². The monoisotopic (exact) mass is 566 g/mol. The van der Waals surface area contributed by atoms with E-state index in [9.17, 15) is 4.79 Å². The molecular formula is C25H27BrN8OS. The number of nitrogens with one attached hydrogen (secondary N) is 2. The molecule has 36 heavy (non-hydrogen) atoms. The Morgan fingerprint density at radius 1 is 1.31 bits per heavy atom. The van der Waals surface area contributed by atoms with Crippen LogP contribution in [0.3, 0.4) is 0 Å². The first kappa shape index (κ1) is 23.5. The molecule has 1 aromatic carbocycles. The van der Waals surface area contributed by atoms with E-state index >= 15 is 0 Å². The number of aryl methyl sites for hydroxylation is 2. The predicted octanol–water partition coefficient (Wildman–Crippen LogP) is 4.83. The van der Waals surface area contributed by atoms with E-state index in [1.807, 2.05) is 11.6 Å². The molecule has 1 amide bonds. The van der Waals surface area contributed by atoms with Crippen molar-refractivity contribution in [2.45, 2.75) is 58.4 Å². The number of hydrogen-bond donors (Lipinski definition) is 2. The summed E-state index contributed by atoms with van der Waals surface area (Å²) in [4.78, 5) is 21.8. The van der Waals surface area contributed by atoms with Crippen molar-refractivity contribution in [3.63, 3.8) is 0 Å². The third kappa shape index (κ3) is 4.07. The molecule has 2 atom stereocenters. The highest BCUT2D eigenvalue weighted by Crippen LogP contribution is 2.44. The zero-order valence-corrected chi connectivity index (χ0v) is 22.6. The van der Waals surface area contributed by atoms with Crippen molar-refractivity contribution in [3.05, 3.63) is 39.6 Å². The zero-order chi connectivity index (χ0) is 24.9. The van der Waals surface area contributed by atoms with Gasteiger partial charge in [-0.1, -0.05) is 24.7 Å². The van der Waals surface area contributed by atoms with Gasteiger partial charge in [0.05, 0.1) is 16.5 Å². The van der Waals surface area contributed by atoms with Crippen molar-refractivity contribution in [2.24, 2.45) is 5.41 Å². The van der Waals surface area contributed by atoms with Gasteiger partial charge in [-0.25, -0.2) is 9.67 Å². The van der Waals surface area contributed by atoms with Crippen molar-refractivity contribution >= 4 is 50.2 Å². The maximum absolute atomic E-state index is 12.4. The van der Waals surface area contributed by atoms with Gasteiger partial charge in [-0.05, 0) is 78.7 Å². The van der Waals surface area contributed by atoms with Crippen LogP contribution in [0.2, 0.25) is 0 Å². The van der Waals surface area contributed by atoms with Crippen LogP contribution in [0.25, 0.3) is 27.3 Å². The first-order valence-electron chi connectivity index (χ1n) is 12.4. The Morgan fingerprint density at radius 3 is 2.94 bits per heavy atom. The number of fused-ring (bicyclic) bond motifs is 1. The first-order chi connectivity index (χ1) is 17.5. The van der Waals surface area contributed by atoms with E-state index in [1.165, 1.54) is 5.56 Å². The van der Waals surface area contributed by atoms with E-state index in [4.69, 9.17) is 10.1 Å². The van der Waals surface area contributed by atoms with E-state index in [2.05, 4.69) is 66.9 Å². The van der Waals surface area contributed by atoms with Gasteiger partial charge in [-0.3, -0.25) is 4.79 Å². The highest BCUT2D eigenvalue weighted by molar-refractivity contribution is 9.10. The van der Waals surface area contributed by atoms with Crippen LogP contribution in [0.4, 0.5) is 5.95 Å². The average Bonchev–Trinajstić information content (AvgIpc) is 3.64. The summed E-state index contributed by atoms with van der Waals surface area (Å²) >= 11 is 5.19. The third-order valence-electron chi connectivity index (χ3n) is 7.30. The molecule has 1 spiro atoms. The Hall–Kier alpha value is -2.92. The molecule has 1 saturated heterocycles. The summed E-state index contributed by atoms with van der Waals surface area (Å²) in [5.74, 6) is 0.756. The van der Waals surface area contributed by atoms with E-state index in [0.29, 0.717) is 10.6 Å². The first-order valence-corrected chi connectivity index (χ1v) is 14.0. The maximum Gasteiger partial charge on any atom is 0.226 e. The quantitative estimate of drug-likeness (QED) is 0.344. The minimum Gasteiger partial charge on any atom is -0.356 e. The number of amides is 1. The summed E-state index contributed by atoms with van der Waals surface area (Å²) in [5, 5.41) is 22.5. The van der Waals surface area contributed by atoms with Gasteiger partial charge in [0.2, 0.25) is 11.9 Å². The smallest absolute Gasteiger partial charge is 0.226 e. The van der Waals surface area contributed by atoms with Crippen molar-refractivity contribution in [2.75, 3.05) is 11.9 Å². The Morgan fingerprint density at radius 2 is 2.19 bits per heavy atom.